The van der Waals surface area contributed by atoms with Gasteiger partial charge in [0.1, 0.15) is 5.75 Å². The maximum Gasteiger partial charge on any atom is 0.315 e. The van der Waals surface area contributed by atoms with Crippen molar-refractivity contribution in [2.45, 2.75) is 25.4 Å². The molecule has 1 unspecified atom stereocenters. The summed E-state index contributed by atoms with van der Waals surface area (Å²) in [4.78, 5) is 16.2. The maximum absolute atomic E-state index is 12.2. The predicted octanol–water partition coefficient (Wildman–Crippen LogP) is 3.04. The Kier molecular flexibility index (Phi) is 4.76. The van der Waals surface area contributed by atoms with E-state index in [1.165, 1.54) is 0 Å². The Morgan fingerprint density at radius 2 is 2.09 bits per heavy atom. The second-order valence-electron chi connectivity index (χ2n) is 5.78. The van der Waals surface area contributed by atoms with E-state index >= 15 is 0 Å². The van der Waals surface area contributed by atoms with Crippen molar-refractivity contribution in [1.82, 2.24) is 15.6 Å². The largest absolute Gasteiger partial charge is 0.497 e. The van der Waals surface area contributed by atoms with Crippen LogP contribution < -0.4 is 15.4 Å². The number of ether oxygens (including phenoxy) is 1. The van der Waals surface area contributed by atoms with E-state index in [9.17, 15) is 4.79 Å². The number of pyridine rings is 1. The molecular weight excluding hydrogens is 290 g/mol. The van der Waals surface area contributed by atoms with E-state index in [1.54, 1.807) is 19.5 Å². The van der Waals surface area contributed by atoms with Crippen LogP contribution in [0.5, 0.6) is 5.75 Å². The van der Waals surface area contributed by atoms with Gasteiger partial charge in [-0.1, -0.05) is 18.2 Å². The summed E-state index contributed by atoms with van der Waals surface area (Å²) in [6.07, 6.45) is 5.78. The topological polar surface area (TPSA) is 63.2 Å². The number of methoxy groups -OCH3 is 1. The minimum Gasteiger partial charge on any atom is -0.497 e. The maximum atomic E-state index is 12.2. The van der Waals surface area contributed by atoms with E-state index in [2.05, 4.69) is 15.6 Å². The van der Waals surface area contributed by atoms with Gasteiger partial charge in [-0.2, -0.15) is 0 Å². The van der Waals surface area contributed by atoms with E-state index < -0.39 is 0 Å². The van der Waals surface area contributed by atoms with E-state index in [1.807, 2.05) is 36.4 Å². The Labute approximate surface area is 136 Å². The van der Waals surface area contributed by atoms with Crippen LogP contribution in [0.1, 0.15) is 30.0 Å². The first kappa shape index (κ1) is 15.3. The normalized spacial score (nSPS) is 14.8. The smallest absolute Gasteiger partial charge is 0.315 e. The molecule has 2 N–H and O–H groups in total. The fraction of sp³-hybridized carbons (Fsp3) is 0.333. The number of carbonyl (C=O) groups excluding carboxylic acids is 1. The molecule has 1 aromatic carbocycles. The molecule has 0 saturated heterocycles. The Hall–Kier alpha value is -2.56. The van der Waals surface area contributed by atoms with Crippen LogP contribution in [0.15, 0.2) is 48.8 Å². The summed E-state index contributed by atoms with van der Waals surface area (Å²) in [7, 11) is 1.65. The predicted molar refractivity (Wildman–Crippen MR) is 88.1 cm³/mol. The van der Waals surface area contributed by atoms with Crippen LogP contribution in [-0.2, 0) is 6.54 Å². The van der Waals surface area contributed by atoms with Gasteiger partial charge in [0, 0.05) is 18.9 Å². The van der Waals surface area contributed by atoms with Gasteiger partial charge in [-0.3, -0.25) is 4.98 Å². The summed E-state index contributed by atoms with van der Waals surface area (Å²) >= 11 is 0. The van der Waals surface area contributed by atoms with E-state index in [0.717, 1.165) is 29.7 Å². The average Bonchev–Trinajstić information content (AvgIpc) is 3.44. The van der Waals surface area contributed by atoms with Gasteiger partial charge >= 0.3 is 6.03 Å². The van der Waals surface area contributed by atoms with E-state index in [0.29, 0.717) is 12.5 Å². The molecule has 2 amide bonds. The number of hydrogen-bond donors (Lipinski definition) is 2. The molecular formula is C18H21N3O2. The van der Waals surface area contributed by atoms with E-state index in [-0.39, 0.29) is 12.1 Å². The van der Waals surface area contributed by atoms with Crippen LogP contribution >= 0.6 is 0 Å². The summed E-state index contributed by atoms with van der Waals surface area (Å²) in [6.45, 7) is 0.472. The Bertz CT molecular complexity index is 639. The van der Waals surface area contributed by atoms with Crippen molar-refractivity contribution in [3.63, 3.8) is 0 Å². The van der Waals surface area contributed by atoms with Crippen LogP contribution in [0.2, 0.25) is 0 Å². The number of nitrogens with one attached hydrogen (secondary N) is 2. The number of urea groups is 1. The zero-order valence-corrected chi connectivity index (χ0v) is 13.2. The van der Waals surface area contributed by atoms with Gasteiger partial charge in [0.2, 0.25) is 0 Å². The molecule has 1 aromatic heterocycles. The zero-order valence-electron chi connectivity index (χ0n) is 13.2. The first-order valence-electron chi connectivity index (χ1n) is 7.83. The number of amides is 2. The van der Waals surface area contributed by atoms with Gasteiger partial charge in [0.25, 0.3) is 0 Å². The lowest BCUT2D eigenvalue weighted by Gasteiger charge is -2.19. The monoisotopic (exact) mass is 311 g/mol. The summed E-state index contributed by atoms with van der Waals surface area (Å²) in [6, 6.07) is 11.6. The summed E-state index contributed by atoms with van der Waals surface area (Å²) in [5.74, 6) is 1.34. The van der Waals surface area contributed by atoms with Gasteiger partial charge in [-0.15, -0.1) is 0 Å². The molecule has 0 radical (unpaired) electrons. The lowest BCUT2D eigenvalue weighted by atomic mass is 10.0. The lowest BCUT2D eigenvalue weighted by Crippen LogP contribution is -2.38. The van der Waals surface area contributed by atoms with Gasteiger partial charge in [-0.25, -0.2) is 4.79 Å². The Morgan fingerprint density at radius 3 is 2.70 bits per heavy atom. The molecule has 23 heavy (non-hydrogen) atoms. The summed E-state index contributed by atoms with van der Waals surface area (Å²) < 4.78 is 5.19. The molecule has 1 atom stereocenters. The number of aromatic nitrogens is 1. The molecule has 2 aromatic rings. The van der Waals surface area contributed by atoms with Crippen LogP contribution in [0.3, 0.4) is 0 Å². The minimum absolute atomic E-state index is 0.0507. The molecule has 120 valence electrons. The molecule has 1 fully saturated rings. The quantitative estimate of drug-likeness (QED) is 0.862. The summed E-state index contributed by atoms with van der Waals surface area (Å²) in [5.41, 5.74) is 2.10. The van der Waals surface area contributed by atoms with Gasteiger partial charge in [0.05, 0.1) is 13.2 Å². The zero-order chi connectivity index (χ0) is 16.1. The number of nitrogens with zero attached hydrogens (tertiary/aromatic N) is 1. The fourth-order valence-corrected chi connectivity index (χ4v) is 2.59. The van der Waals surface area contributed by atoms with Gasteiger partial charge in [0.15, 0.2) is 0 Å². The molecule has 1 heterocycles. The highest BCUT2D eigenvalue weighted by atomic mass is 16.5. The first-order chi connectivity index (χ1) is 11.3. The Balaban J connectivity index is 1.59. The second-order valence-corrected chi connectivity index (χ2v) is 5.78. The molecule has 0 aliphatic heterocycles. The molecule has 0 spiro atoms. The molecule has 1 aliphatic carbocycles. The van der Waals surface area contributed by atoms with Crippen molar-refractivity contribution in [2.24, 2.45) is 5.92 Å². The van der Waals surface area contributed by atoms with Crippen molar-refractivity contribution in [1.29, 1.82) is 0 Å². The minimum atomic E-state index is -0.151. The first-order valence-corrected chi connectivity index (χ1v) is 7.83. The second kappa shape index (κ2) is 7.13. The van der Waals surface area contributed by atoms with Crippen LogP contribution in [0.4, 0.5) is 4.79 Å². The molecule has 1 aliphatic rings. The van der Waals surface area contributed by atoms with E-state index in [4.69, 9.17) is 4.74 Å². The van der Waals surface area contributed by atoms with Crippen molar-refractivity contribution in [3.8, 4) is 5.75 Å². The third kappa shape index (κ3) is 4.22. The highest BCUT2D eigenvalue weighted by Gasteiger charge is 2.33. The summed E-state index contributed by atoms with van der Waals surface area (Å²) in [5, 5.41) is 5.98. The molecule has 1 saturated carbocycles. The molecule has 3 rings (SSSR count). The third-order valence-electron chi connectivity index (χ3n) is 4.03. The van der Waals surface area contributed by atoms with Crippen molar-refractivity contribution < 1.29 is 9.53 Å². The third-order valence-corrected chi connectivity index (χ3v) is 4.03. The number of hydrogen-bond acceptors (Lipinski definition) is 3. The number of benzene rings is 1. The highest BCUT2D eigenvalue weighted by molar-refractivity contribution is 5.74. The van der Waals surface area contributed by atoms with Crippen LogP contribution in [0.25, 0.3) is 0 Å². The van der Waals surface area contributed by atoms with Crippen molar-refractivity contribution >= 4 is 6.03 Å². The van der Waals surface area contributed by atoms with Crippen molar-refractivity contribution in [3.05, 3.63) is 59.9 Å². The molecule has 5 nitrogen and oxygen atoms in total. The Morgan fingerprint density at radius 1 is 1.30 bits per heavy atom. The molecule has 5 heteroatoms. The van der Waals surface area contributed by atoms with Gasteiger partial charge < -0.3 is 15.4 Å². The van der Waals surface area contributed by atoms with Crippen LogP contribution in [0, 0.1) is 5.92 Å². The standard InChI is InChI=1S/C18H21N3O2/c1-23-16-8-6-15(7-9-16)17(14-4-5-14)21-18(22)20-12-13-3-2-10-19-11-13/h2-3,6-11,14,17H,4-5,12H2,1H3,(H2,20,21,22). The fourth-order valence-electron chi connectivity index (χ4n) is 2.59. The van der Waals surface area contributed by atoms with Crippen LogP contribution in [-0.4, -0.2) is 18.1 Å². The lowest BCUT2D eigenvalue weighted by molar-refractivity contribution is 0.235. The molecule has 0 bridgehead atoms. The van der Waals surface area contributed by atoms with Crippen molar-refractivity contribution in [2.75, 3.05) is 7.11 Å². The highest BCUT2D eigenvalue weighted by Crippen LogP contribution is 2.41. The average molecular weight is 311 g/mol. The number of rotatable bonds is 6. The number of carbonyl (C=O) groups is 1. The van der Waals surface area contributed by atoms with Gasteiger partial charge in [-0.05, 0) is 48.1 Å². The SMILES string of the molecule is COc1ccc(C(NC(=O)NCc2cccnc2)C2CC2)cc1.